The van der Waals surface area contributed by atoms with Crippen LogP contribution in [0.15, 0.2) is 33.4 Å². The summed E-state index contributed by atoms with van der Waals surface area (Å²) in [7, 11) is 1.62. The van der Waals surface area contributed by atoms with Gasteiger partial charge in [-0.1, -0.05) is 35.2 Å². The van der Waals surface area contributed by atoms with Crippen molar-refractivity contribution in [2.24, 2.45) is 0 Å². The summed E-state index contributed by atoms with van der Waals surface area (Å²) in [6.45, 7) is 0. The molecule has 3 rings (SSSR count). The third-order valence-corrected chi connectivity index (χ3v) is 4.82. The molecule has 0 N–H and O–H groups in total. The smallest absolute Gasteiger partial charge is 0.297 e. The highest BCUT2D eigenvalue weighted by Crippen LogP contribution is 2.20. The lowest BCUT2D eigenvalue weighted by Crippen LogP contribution is -2.22. The zero-order chi connectivity index (χ0) is 14.8. The second-order valence-corrected chi connectivity index (χ2v) is 6.25. The molecule has 0 aliphatic rings. The fourth-order valence-corrected chi connectivity index (χ4v) is 3.15. The van der Waals surface area contributed by atoms with Gasteiger partial charge in [0.05, 0.1) is 7.11 Å². The van der Waals surface area contributed by atoms with E-state index in [0.717, 1.165) is 15.7 Å². The van der Waals surface area contributed by atoms with Crippen molar-refractivity contribution >= 4 is 28.1 Å². The molecule has 0 saturated heterocycles. The molecule has 6 nitrogen and oxygen atoms in total. The van der Waals surface area contributed by atoms with Crippen molar-refractivity contribution in [1.29, 1.82) is 0 Å². The van der Waals surface area contributed by atoms with E-state index in [1.165, 1.54) is 27.6 Å². The molecular weight excluding hydrogens is 308 g/mol. The van der Waals surface area contributed by atoms with E-state index in [9.17, 15) is 4.79 Å². The van der Waals surface area contributed by atoms with Crippen LogP contribution in [-0.4, -0.2) is 33.2 Å². The van der Waals surface area contributed by atoms with Crippen LogP contribution in [-0.2, 0) is 6.42 Å². The van der Waals surface area contributed by atoms with Crippen molar-refractivity contribution in [3.05, 3.63) is 45.9 Å². The van der Waals surface area contributed by atoms with E-state index in [2.05, 4.69) is 15.3 Å². The van der Waals surface area contributed by atoms with Gasteiger partial charge in [0.2, 0.25) is 4.96 Å². The van der Waals surface area contributed by atoms with Gasteiger partial charge in [0.15, 0.2) is 4.34 Å². The summed E-state index contributed by atoms with van der Waals surface area (Å²) in [4.78, 5) is 12.9. The summed E-state index contributed by atoms with van der Waals surface area (Å²) in [5, 5.41) is 12.3. The SMILES string of the molecule is COc1ccc(Cc2nnc3sc(SC)nn3c2=O)cc1. The van der Waals surface area contributed by atoms with E-state index in [1.807, 2.05) is 30.5 Å². The van der Waals surface area contributed by atoms with Crippen molar-refractivity contribution in [3.63, 3.8) is 0 Å². The van der Waals surface area contributed by atoms with Crippen LogP contribution in [0.4, 0.5) is 0 Å². The molecule has 0 amide bonds. The van der Waals surface area contributed by atoms with Crippen LogP contribution in [0.2, 0.25) is 0 Å². The van der Waals surface area contributed by atoms with Gasteiger partial charge in [0.1, 0.15) is 11.4 Å². The molecule has 8 heteroatoms. The standard InChI is InChI=1S/C13H12N4O2S2/c1-19-9-5-3-8(4-6-9)7-10-11(18)17-12(15-14-10)21-13(16-17)20-2/h3-6H,7H2,1-2H3. The Bertz CT molecular complexity index is 826. The number of fused-ring (bicyclic) bond motifs is 1. The molecular formula is C13H12N4O2S2. The minimum atomic E-state index is -0.215. The zero-order valence-electron chi connectivity index (χ0n) is 11.4. The molecule has 0 spiro atoms. The minimum absolute atomic E-state index is 0.215. The number of aromatic nitrogens is 4. The van der Waals surface area contributed by atoms with Gasteiger partial charge in [-0.25, -0.2) is 0 Å². The van der Waals surface area contributed by atoms with E-state index >= 15 is 0 Å². The summed E-state index contributed by atoms with van der Waals surface area (Å²) >= 11 is 2.84. The van der Waals surface area contributed by atoms with E-state index in [-0.39, 0.29) is 5.56 Å². The number of rotatable bonds is 4. The Morgan fingerprint density at radius 2 is 2.05 bits per heavy atom. The highest BCUT2D eigenvalue weighted by molar-refractivity contribution is 8.00. The molecule has 0 bridgehead atoms. The van der Waals surface area contributed by atoms with E-state index in [1.54, 1.807) is 7.11 Å². The molecule has 1 aromatic carbocycles. The number of benzene rings is 1. The lowest BCUT2D eigenvalue weighted by molar-refractivity contribution is 0.414. The number of nitrogens with zero attached hydrogens (tertiary/aromatic N) is 4. The summed E-state index contributed by atoms with van der Waals surface area (Å²) in [6, 6.07) is 7.52. The Morgan fingerprint density at radius 1 is 1.29 bits per heavy atom. The van der Waals surface area contributed by atoms with E-state index in [4.69, 9.17) is 4.74 Å². The van der Waals surface area contributed by atoms with Crippen LogP contribution >= 0.6 is 23.1 Å². The molecule has 108 valence electrons. The van der Waals surface area contributed by atoms with E-state index in [0.29, 0.717) is 17.1 Å². The molecule has 2 aromatic heterocycles. The Kier molecular flexibility index (Phi) is 3.89. The predicted octanol–water partition coefficient (Wildman–Crippen LogP) is 1.87. The molecule has 0 unspecified atom stereocenters. The first-order valence-electron chi connectivity index (χ1n) is 6.13. The van der Waals surface area contributed by atoms with Crippen molar-refractivity contribution in [3.8, 4) is 5.75 Å². The normalized spacial score (nSPS) is 11.0. The number of hydrogen-bond acceptors (Lipinski definition) is 7. The van der Waals surface area contributed by atoms with E-state index < -0.39 is 0 Å². The lowest BCUT2D eigenvalue weighted by atomic mass is 10.1. The zero-order valence-corrected chi connectivity index (χ0v) is 13.1. The van der Waals surface area contributed by atoms with Gasteiger partial charge in [-0.15, -0.1) is 15.3 Å². The minimum Gasteiger partial charge on any atom is -0.497 e. The second-order valence-electron chi connectivity index (χ2n) is 4.24. The molecule has 0 fully saturated rings. The van der Waals surface area contributed by atoms with Gasteiger partial charge < -0.3 is 4.74 Å². The van der Waals surface area contributed by atoms with Gasteiger partial charge >= 0.3 is 0 Å². The van der Waals surface area contributed by atoms with Crippen LogP contribution in [0, 0.1) is 0 Å². The van der Waals surface area contributed by atoms with Crippen LogP contribution in [0.5, 0.6) is 5.75 Å². The largest absolute Gasteiger partial charge is 0.497 e. The van der Waals surface area contributed by atoms with Gasteiger partial charge in [0.25, 0.3) is 5.56 Å². The first-order valence-corrected chi connectivity index (χ1v) is 8.17. The summed E-state index contributed by atoms with van der Waals surface area (Å²) < 4.78 is 7.23. The molecule has 21 heavy (non-hydrogen) atoms. The lowest BCUT2D eigenvalue weighted by Gasteiger charge is -2.02. The average molecular weight is 320 g/mol. The fourth-order valence-electron chi connectivity index (χ4n) is 1.86. The first kappa shape index (κ1) is 14.0. The molecule has 0 saturated carbocycles. The number of methoxy groups -OCH3 is 1. The Morgan fingerprint density at radius 3 is 2.71 bits per heavy atom. The number of hydrogen-bond donors (Lipinski definition) is 0. The maximum absolute atomic E-state index is 12.4. The molecule has 0 radical (unpaired) electrons. The summed E-state index contributed by atoms with van der Waals surface area (Å²) in [5.41, 5.74) is 1.14. The fraction of sp³-hybridized carbons (Fsp3) is 0.231. The topological polar surface area (TPSA) is 69.4 Å². The number of thioether (sulfide) groups is 1. The van der Waals surface area contributed by atoms with Gasteiger partial charge in [-0.2, -0.15) is 4.52 Å². The van der Waals surface area contributed by atoms with Crippen LogP contribution in [0.25, 0.3) is 4.96 Å². The van der Waals surface area contributed by atoms with Crippen molar-refractivity contribution in [1.82, 2.24) is 19.8 Å². The van der Waals surface area contributed by atoms with Crippen LogP contribution < -0.4 is 10.3 Å². The molecule has 0 aliphatic carbocycles. The molecule has 0 aliphatic heterocycles. The Labute approximate surface area is 128 Å². The third-order valence-electron chi connectivity index (χ3n) is 2.94. The first-order chi connectivity index (χ1) is 10.2. The monoisotopic (exact) mass is 320 g/mol. The van der Waals surface area contributed by atoms with Crippen LogP contribution in [0.3, 0.4) is 0 Å². The second kappa shape index (κ2) is 5.82. The third kappa shape index (κ3) is 2.77. The van der Waals surface area contributed by atoms with Crippen molar-refractivity contribution < 1.29 is 4.74 Å². The molecule has 0 atom stereocenters. The van der Waals surface area contributed by atoms with Crippen LogP contribution in [0.1, 0.15) is 11.3 Å². The molecule has 3 aromatic rings. The maximum Gasteiger partial charge on any atom is 0.297 e. The maximum atomic E-state index is 12.4. The van der Waals surface area contributed by atoms with Crippen molar-refractivity contribution in [2.45, 2.75) is 10.8 Å². The summed E-state index contributed by atoms with van der Waals surface area (Å²) in [6.07, 6.45) is 2.33. The Balaban J connectivity index is 1.96. The van der Waals surface area contributed by atoms with Gasteiger partial charge in [0, 0.05) is 6.42 Å². The molecule has 2 heterocycles. The highest BCUT2D eigenvalue weighted by Gasteiger charge is 2.12. The van der Waals surface area contributed by atoms with Crippen molar-refractivity contribution in [2.75, 3.05) is 13.4 Å². The quantitative estimate of drug-likeness (QED) is 0.684. The van der Waals surface area contributed by atoms with Gasteiger partial charge in [-0.05, 0) is 24.0 Å². The predicted molar refractivity (Wildman–Crippen MR) is 82.5 cm³/mol. The highest BCUT2D eigenvalue weighted by atomic mass is 32.2. The summed E-state index contributed by atoms with van der Waals surface area (Å²) in [5.74, 6) is 0.779. The number of ether oxygens (including phenoxy) is 1. The average Bonchev–Trinajstić information content (AvgIpc) is 2.95. The Hall–Kier alpha value is -1.93. The van der Waals surface area contributed by atoms with Gasteiger partial charge in [-0.3, -0.25) is 4.79 Å².